The number of unbranched alkanes of at least 4 members (excludes halogenated alkanes) is 2. The van der Waals surface area contributed by atoms with Gasteiger partial charge in [-0.15, -0.1) is 0 Å². The smallest absolute Gasteiger partial charge is 0.0406 e. The van der Waals surface area contributed by atoms with Gasteiger partial charge in [-0.25, -0.2) is 0 Å². The quantitative estimate of drug-likeness (QED) is 0.273. The lowest BCUT2D eigenvalue weighted by atomic mass is 9.88. The van der Waals surface area contributed by atoms with Crippen LogP contribution in [0.3, 0.4) is 0 Å². The second kappa shape index (κ2) is 9.63. The van der Waals surface area contributed by atoms with Crippen LogP contribution in [0.2, 0.25) is 5.02 Å². The molecule has 0 N–H and O–H groups in total. The summed E-state index contributed by atoms with van der Waals surface area (Å²) >= 11 is 5.87. The fourth-order valence-electron chi connectivity index (χ4n) is 1.95. The van der Waals surface area contributed by atoms with Crippen molar-refractivity contribution in [3.05, 3.63) is 65.2 Å². The minimum atomic E-state index is 0.201. The Morgan fingerprint density at radius 1 is 1.05 bits per heavy atom. The summed E-state index contributed by atoms with van der Waals surface area (Å²) in [6.45, 7) is 6.76. The summed E-state index contributed by atoms with van der Waals surface area (Å²) in [6, 6.07) is 7.87. The van der Waals surface area contributed by atoms with E-state index in [-0.39, 0.29) is 5.41 Å². The first-order valence-corrected chi connectivity index (χ1v) is 8.18. The van der Waals surface area contributed by atoms with Crippen molar-refractivity contribution in [2.45, 2.75) is 46.5 Å². The van der Waals surface area contributed by atoms with Gasteiger partial charge in [0.25, 0.3) is 0 Å². The molecule has 21 heavy (non-hydrogen) atoms. The summed E-state index contributed by atoms with van der Waals surface area (Å²) in [5.41, 5.74) is 1.37. The minimum absolute atomic E-state index is 0.201. The van der Waals surface area contributed by atoms with Crippen LogP contribution in [0, 0.1) is 5.41 Å². The van der Waals surface area contributed by atoms with Gasteiger partial charge in [0.15, 0.2) is 0 Å². The van der Waals surface area contributed by atoms with Gasteiger partial charge in [-0.2, -0.15) is 0 Å². The first-order valence-electron chi connectivity index (χ1n) is 7.80. The summed E-state index contributed by atoms with van der Waals surface area (Å²) in [5, 5.41) is 0.777. The van der Waals surface area contributed by atoms with Crippen LogP contribution in [0.1, 0.15) is 52.0 Å². The number of hydrogen-bond acceptors (Lipinski definition) is 0. The SMILES string of the molecule is CCCC/C=C\CC(C)(C)/C=C/C=C/c1ccc(Cl)cc1. The van der Waals surface area contributed by atoms with Crippen LogP contribution in [0.25, 0.3) is 6.08 Å². The second-order valence-electron chi connectivity index (χ2n) is 6.08. The van der Waals surface area contributed by atoms with Gasteiger partial charge in [0, 0.05) is 5.02 Å². The van der Waals surface area contributed by atoms with Gasteiger partial charge in [-0.1, -0.05) is 93.8 Å². The predicted molar refractivity (Wildman–Crippen MR) is 96.7 cm³/mol. The molecule has 0 aromatic heterocycles. The third-order valence-corrected chi connectivity index (χ3v) is 3.60. The van der Waals surface area contributed by atoms with Crippen LogP contribution in [0.5, 0.6) is 0 Å². The van der Waals surface area contributed by atoms with Crippen LogP contribution < -0.4 is 0 Å². The van der Waals surface area contributed by atoms with E-state index in [1.54, 1.807) is 0 Å². The molecule has 0 bridgehead atoms. The average molecular weight is 303 g/mol. The summed E-state index contributed by atoms with van der Waals surface area (Å²) in [4.78, 5) is 0. The van der Waals surface area contributed by atoms with E-state index in [9.17, 15) is 0 Å². The Bertz CT molecular complexity index is 475. The van der Waals surface area contributed by atoms with E-state index in [2.05, 4.69) is 57.2 Å². The molecule has 0 saturated carbocycles. The number of hydrogen-bond donors (Lipinski definition) is 0. The maximum absolute atomic E-state index is 5.87. The van der Waals surface area contributed by atoms with Gasteiger partial charge < -0.3 is 0 Å². The van der Waals surface area contributed by atoms with Crippen LogP contribution in [-0.4, -0.2) is 0 Å². The molecule has 0 aliphatic rings. The standard InChI is InChI=1S/C20H27Cl/c1-4-5-6-7-9-16-20(2,3)17-10-8-11-18-12-14-19(21)15-13-18/h7-15,17H,4-6,16H2,1-3H3/b9-7-,11-8+,17-10+. The largest absolute Gasteiger partial charge is 0.0885 e. The minimum Gasteiger partial charge on any atom is -0.0885 e. The number of allylic oxidation sites excluding steroid dienone is 5. The molecule has 0 fully saturated rings. The molecule has 1 aromatic carbocycles. The highest BCUT2D eigenvalue weighted by atomic mass is 35.5. The zero-order chi connectivity index (χ0) is 15.6. The molecule has 0 unspecified atom stereocenters. The Kier molecular flexibility index (Phi) is 8.15. The van der Waals surface area contributed by atoms with Gasteiger partial charge in [-0.05, 0) is 36.0 Å². The molecule has 1 rings (SSSR count). The fourth-order valence-corrected chi connectivity index (χ4v) is 2.08. The number of rotatable bonds is 8. The Balaban J connectivity index is 2.43. The first-order chi connectivity index (χ1) is 10.0. The van der Waals surface area contributed by atoms with Gasteiger partial charge in [0.1, 0.15) is 0 Å². The Morgan fingerprint density at radius 3 is 2.43 bits per heavy atom. The molecule has 0 aliphatic heterocycles. The normalized spacial score (nSPS) is 13.0. The number of halogens is 1. The van der Waals surface area contributed by atoms with Crippen molar-refractivity contribution in [3.8, 4) is 0 Å². The van der Waals surface area contributed by atoms with Crippen molar-refractivity contribution >= 4 is 17.7 Å². The summed E-state index contributed by atoms with van der Waals surface area (Å²) in [7, 11) is 0. The van der Waals surface area contributed by atoms with Crippen molar-refractivity contribution in [1.29, 1.82) is 0 Å². The van der Waals surface area contributed by atoms with E-state index < -0.39 is 0 Å². The van der Waals surface area contributed by atoms with Gasteiger partial charge in [0.2, 0.25) is 0 Å². The molecule has 0 saturated heterocycles. The topological polar surface area (TPSA) is 0 Å². The molecule has 0 atom stereocenters. The van der Waals surface area contributed by atoms with Gasteiger partial charge >= 0.3 is 0 Å². The lowest BCUT2D eigenvalue weighted by Gasteiger charge is -2.17. The zero-order valence-corrected chi connectivity index (χ0v) is 14.2. The van der Waals surface area contributed by atoms with Crippen molar-refractivity contribution in [1.82, 2.24) is 0 Å². The highest BCUT2D eigenvalue weighted by molar-refractivity contribution is 6.30. The summed E-state index contributed by atoms with van der Waals surface area (Å²) in [6.07, 6.45) is 18.0. The molecule has 0 heterocycles. The molecule has 0 spiro atoms. The Hall–Kier alpha value is -1.27. The lowest BCUT2D eigenvalue weighted by molar-refractivity contribution is 0.488. The molecule has 1 aromatic rings. The monoisotopic (exact) mass is 302 g/mol. The van der Waals surface area contributed by atoms with E-state index in [1.807, 2.05) is 24.3 Å². The van der Waals surface area contributed by atoms with E-state index in [0.717, 1.165) is 11.4 Å². The van der Waals surface area contributed by atoms with Gasteiger partial charge in [0.05, 0.1) is 0 Å². The maximum atomic E-state index is 5.87. The van der Waals surface area contributed by atoms with E-state index in [1.165, 1.54) is 24.8 Å². The maximum Gasteiger partial charge on any atom is 0.0406 e. The van der Waals surface area contributed by atoms with Crippen LogP contribution >= 0.6 is 11.6 Å². The molecule has 1 heteroatoms. The van der Waals surface area contributed by atoms with Crippen molar-refractivity contribution in [2.24, 2.45) is 5.41 Å². The fraction of sp³-hybridized carbons (Fsp3) is 0.400. The number of benzene rings is 1. The molecule has 0 radical (unpaired) electrons. The molecular weight excluding hydrogens is 276 g/mol. The van der Waals surface area contributed by atoms with Crippen molar-refractivity contribution in [2.75, 3.05) is 0 Å². The van der Waals surface area contributed by atoms with Crippen molar-refractivity contribution < 1.29 is 0 Å². The second-order valence-corrected chi connectivity index (χ2v) is 6.51. The molecule has 0 amide bonds. The van der Waals surface area contributed by atoms with Gasteiger partial charge in [-0.3, -0.25) is 0 Å². The summed E-state index contributed by atoms with van der Waals surface area (Å²) in [5.74, 6) is 0. The first kappa shape index (κ1) is 17.8. The third kappa shape index (κ3) is 8.57. The zero-order valence-electron chi connectivity index (χ0n) is 13.5. The Morgan fingerprint density at radius 2 is 1.76 bits per heavy atom. The van der Waals surface area contributed by atoms with E-state index in [4.69, 9.17) is 11.6 Å². The average Bonchev–Trinajstić information content (AvgIpc) is 2.45. The summed E-state index contributed by atoms with van der Waals surface area (Å²) < 4.78 is 0. The highest BCUT2D eigenvalue weighted by Crippen LogP contribution is 2.23. The predicted octanol–water partition coefficient (Wildman–Crippen LogP) is 7.07. The molecule has 0 aliphatic carbocycles. The van der Waals surface area contributed by atoms with Crippen molar-refractivity contribution in [3.63, 3.8) is 0 Å². The third-order valence-electron chi connectivity index (χ3n) is 3.35. The van der Waals surface area contributed by atoms with E-state index in [0.29, 0.717) is 0 Å². The molecule has 0 nitrogen and oxygen atoms in total. The molecule has 114 valence electrons. The van der Waals surface area contributed by atoms with Crippen LogP contribution in [0.15, 0.2) is 54.6 Å². The lowest BCUT2D eigenvalue weighted by Crippen LogP contribution is -2.04. The van der Waals surface area contributed by atoms with E-state index >= 15 is 0 Å². The van der Waals surface area contributed by atoms with Crippen LogP contribution in [-0.2, 0) is 0 Å². The molecular formula is C20H27Cl. The van der Waals surface area contributed by atoms with Crippen LogP contribution in [0.4, 0.5) is 0 Å². The highest BCUT2D eigenvalue weighted by Gasteiger charge is 2.10. The Labute approximate surface area is 135 Å².